The van der Waals surface area contributed by atoms with Crippen LogP contribution in [0.25, 0.3) is 0 Å². The number of nitrogens with one attached hydrogen (secondary N) is 1. The molecule has 0 radical (unpaired) electrons. The van der Waals surface area contributed by atoms with Crippen LogP contribution in [0.2, 0.25) is 0 Å². The number of aryl methyl sites for hydroxylation is 2. The van der Waals surface area contributed by atoms with Crippen molar-refractivity contribution < 1.29 is 4.39 Å². The fraction of sp³-hybridized carbons (Fsp3) is 0.333. The molecule has 106 valence electrons. The Bertz CT molecular complexity index is 604. The van der Waals surface area contributed by atoms with E-state index in [9.17, 15) is 4.39 Å². The molecule has 0 heterocycles. The van der Waals surface area contributed by atoms with Gasteiger partial charge in [-0.15, -0.1) is 0 Å². The summed E-state index contributed by atoms with van der Waals surface area (Å²) in [6.07, 6.45) is 0. The van der Waals surface area contributed by atoms with E-state index in [0.717, 1.165) is 17.7 Å². The van der Waals surface area contributed by atoms with Gasteiger partial charge >= 0.3 is 0 Å². The van der Waals surface area contributed by atoms with Gasteiger partial charge in [0.1, 0.15) is 5.82 Å². The van der Waals surface area contributed by atoms with Crippen LogP contribution >= 0.6 is 0 Å². The summed E-state index contributed by atoms with van der Waals surface area (Å²) in [6, 6.07) is 11.5. The Labute approximate surface area is 120 Å². The molecule has 1 atom stereocenters. The molecule has 0 saturated carbocycles. The molecule has 0 aliphatic carbocycles. The van der Waals surface area contributed by atoms with E-state index in [1.807, 2.05) is 13.0 Å². The minimum atomic E-state index is -0.178. The Morgan fingerprint density at radius 1 is 1.00 bits per heavy atom. The van der Waals surface area contributed by atoms with Crippen molar-refractivity contribution in [3.8, 4) is 0 Å². The summed E-state index contributed by atoms with van der Waals surface area (Å²) in [5, 5.41) is 3.52. The van der Waals surface area contributed by atoms with Crippen LogP contribution in [0.5, 0.6) is 0 Å². The smallest absolute Gasteiger partial charge is 0.123 e. The van der Waals surface area contributed by atoms with E-state index in [1.165, 1.54) is 22.8 Å². The minimum Gasteiger partial charge on any atom is -0.307 e. The van der Waals surface area contributed by atoms with Crippen LogP contribution in [0.1, 0.15) is 40.8 Å². The molecule has 0 aliphatic rings. The predicted octanol–water partition coefficient (Wildman–Crippen LogP) is 4.45. The first kappa shape index (κ1) is 14.7. The van der Waals surface area contributed by atoms with E-state index < -0.39 is 0 Å². The molecule has 0 aromatic heterocycles. The van der Waals surface area contributed by atoms with Gasteiger partial charge in [-0.25, -0.2) is 4.39 Å². The van der Waals surface area contributed by atoms with E-state index in [0.29, 0.717) is 0 Å². The average Bonchev–Trinajstić information content (AvgIpc) is 2.40. The second-order valence-corrected chi connectivity index (χ2v) is 5.28. The Morgan fingerprint density at radius 2 is 1.75 bits per heavy atom. The van der Waals surface area contributed by atoms with Gasteiger partial charge in [-0.1, -0.05) is 31.2 Å². The van der Waals surface area contributed by atoms with Crippen molar-refractivity contribution >= 4 is 0 Å². The largest absolute Gasteiger partial charge is 0.307 e. The van der Waals surface area contributed by atoms with Crippen molar-refractivity contribution in [1.82, 2.24) is 5.32 Å². The molecule has 1 N–H and O–H groups in total. The molecule has 20 heavy (non-hydrogen) atoms. The summed E-state index contributed by atoms with van der Waals surface area (Å²) < 4.78 is 13.3. The zero-order valence-electron chi connectivity index (χ0n) is 12.6. The fourth-order valence-electron chi connectivity index (χ4n) is 2.64. The highest BCUT2D eigenvalue weighted by atomic mass is 19.1. The van der Waals surface area contributed by atoms with Crippen molar-refractivity contribution in [2.24, 2.45) is 0 Å². The third kappa shape index (κ3) is 2.91. The first-order valence-corrected chi connectivity index (χ1v) is 7.10. The van der Waals surface area contributed by atoms with E-state index in [1.54, 1.807) is 6.07 Å². The molecule has 0 spiro atoms. The maximum atomic E-state index is 13.3. The van der Waals surface area contributed by atoms with Gasteiger partial charge in [0.2, 0.25) is 0 Å². The Balaban J connectivity index is 2.53. The molecule has 1 nitrogen and oxygen atoms in total. The minimum absolute atomic E-state index is 0.112. The average molecular weight is 271 g/mol. The monoisotopic (exact) mass is 271 g/mol. The molecule has 0 saturated heterocycles. The molecule has 0 amide bonds. The SMILES string of the molecule is CCNC(c1ccc(F)cc1C)c1cccc(C)c1C. The number of hydrogen-bond donors (Lipinski definition) is 1. The molecule has 2 aromatic carbocycles. The lowest BCUT2D eigenvalue weighted by Gasteiger charge is -2.23. The zero-order chi connectivity index (χ0) is 14.7. The van der Waals surface area contributed by atoms with Crippen LogP contribution < -0.4 is 5.32 Å². The highest BCUT2D eigenvalue weighted by Crippen LogP contribution is 2.28. The normalized spacial score (nSPS) is 12.4. The first-order valence-electron chi connectivity index (χ1n) is 7.10. The number of rotatable bonds is 4. The van der Waals surface area contributed by atoms with Gasteiger partial charge in [0.15, 0.2) is 0 Å². The first-order chi connectivity index (χ1) is 9.54. The third-order valence-electron chi connectivity index (χ3n) is 3.91. The van der Waals surface area contributed by atoms with Gasteiger partial charge in [0, 0.05) is 0 Å². The molecule has 2 heteroatoms. The summed E-state index contributed by atoms with van der Waals surface area (Å²) in [5.41, 5.74) is 5.97. The number of halogens is 1. The van der Waals surface area contributed by atoms with Gasteiger partial charge in [0.25, 0.3) is 0 Å². The molecular formula is C18H22FN. The van der Waals surface area contributed by atoms with Gasteiger partial charge in [-0.2, -0.15) is 0 Å². The summed E-state index contributed by atoms with van der Waals surface area (Å²) in [7, 11) is 0. The standard InChI is InChI=1S/C18H22FN/c1-5-20-18(16-10-9-15(19)11-13(16)3)17-8-6-7-12(2)14(17)4/h6-11,18,20H,5H2,1-4H3. The topological polar surface area (TPSA) is 12.0 Å². The maximum Gasteiger partial charge on any atom is 0.123 e. The van der Waals surface area contributed by atoms with E-state index in [-0.39, 0.29) is 11.9 Å². The van der Waals surface area contributed by atoms with Crippen molar-refractivity contribution in [2.45, 2.75) is 33.7 Å². The van der Waals surface area contributed by atoms with Gasteiger partial charge < -0.3 is 5.32 Å². The molecule has 0 aliphatic heterocycles. The van der Waals surface area contributed by atoms with Gasteiger partial charge in [0.05, 0.1) is 6.04 Å². The Morgan fingerprint density at radius 3 is 2.40 bits per heavy atom. The summed E-state index contributed by atoms with van der Waals surface area (Å²) in [5.74, 6) is -0.178. The molecule has 2 rings (SSSR count). The number of benzene rings is 2. The molecule has 0 bridgehead atoms. The van der Waals surface area contributed by atoms with E-state index in [4.69, 9.17) is 0 Å². The van der Waals surface area contributed by atoms with Crippen LogP contribution in [-0.2, 0) is 0 Å². The maximum absolute atomic E-state index is 13.3. The molecule has 0 fully saturated rings. The van der Waals surface area contributed by atoms with Crippen LogP contribution in [0.4, 0.5) is 4.39 Å². The Kier molecular flexibility index (Phi) is 4.56. The Hall–Kier alpha value is -1.67. The van der Waals surface area contributed by atoms with Crippen molar-refractivity contribution in [1.29, 1.82) is 0 Å². The highest BCUT2D eigenvalue weighted by molar-refractivity contribution is 5.43. The second-order valence-electron chi connectivity index (χ2n) is 5.28. The van der Waals surface area contributed by atoms with Crippen LogP contribution in [-0.4, -0.2) is 6.54 Å². The summed E-state index contributed by atoms with van der Waals surface area (Å²) in [4.78, 5) is 0. The number of hydrogen-bond acceptors (Lipinski definition) is 1. The third-order valence-corrected chi connectivity index (χ3v) is 3.91. The lowest BCUT2D eigenvalue weighted by atomic mass is 9.90. The fourth-order valence-corrected chi connectivity index (χ4v) is 2.64. The lowest BCUT2D eigenvalue weighted by Crippen LogP contribution is -2.23. The van der Waals surface area contributed by atoms with E-state index in [2.05, 4.69) is 44.3 Å². The quantitative estimate of drug-likeness (QED) is 0.866. The van der Waals surface area contributed by atoms with E-state index >= 15 is 0 Å². The van der Waals surface area contributed by atoms with Crippen molar-refractivity contribution in [3.05, 3.63) is 70.0 Å². The van der Waals surface area contributed by atoms with Crippen molar-refractivity contribution in [3.63, 3.8) is 0 Å². The molecule has 2 aromatic rings. The second kappa shape index (κ2) is 6.19. The van der Waals surface area contributed by atoms with Gasteiger partial charge in [-0.3, -0.25) is 0 Å². The predicted molar refractivity (Wildman–Crippen MR) is 82.6 cm³/mol. The summed E-state index contributed by atoms with van der Waals surface area (Å²) >= 11 is 0. The molecular weight excluding hydrogens is 249 g/mol. The van der Waals surface area contributed by atoms with Gasteiger partial charge in [-0.05, 0) is 67.3 Å². The van der Waals surface area contributed by atoms with Crippen LogP contribution in [0.15, 0.2) is 36.4 Å². The van der Waals surface area contributed by atoms with Crippen LogP contribution in [0.3, 0.4) is 0 Å². The highest BCUT2D eigenvalue weighted by Gasteiger charge is 2.17. The molecule has 1 unspecified atom stereocenters. The summed E-state index contributed by atoms with van der Waals surface area (Å²) in [6.45, 7) is 9.20. The zero-order valence-corrected chi connectivity index (χ0v) is 12.6. The van der Waals surface area contributed by atoms with Crippen molar-refractivity contribution in [2.75, 3.05) is 6.54 Å². The lowest BCUT2D eigenvalue weighted by molar-refractivity contribution is 0.608. The van der Waals surface area contributed by atoms with Crippen LogP contribution in [0, 0.1) is 26.6 Å².